The van der Waals surface area contributed by atoms with Crippen LogP contribution in [0, 0.1) is 0 Å². The van der Waals surface area contributed by atoms with Gasteiger partial charge < -0.3 is 15.6 Å². The van der Waals surface area contributed by atoms with Crippen molar-refractivity contribution in [2.24, 2.45) is 5.73 Å². The fourth-order valence-electron chi connectivity index (χ4n) is 4.22. The van der Waals surface area contributed by atoms with Gasteiger partial charge in [-0.15, -0.1) is 28.1 Å². The maximum atomic E-state index is 12.7. The van der Waals surface area contributed by atoms with E-state index in [9.17, 15) is 18.0 Å². The molecule has 2 amide bonds. The molecule has 12 heteroatoms. The monoisotopic (exact) mass is 495 g/mol. The number of primary amides is 1. The fourth-order valence-corrected chi connectivity index (χ4v) is 8.02. The molecule has 0 radical (unpaired) electrons. The third-order valence-electron chi connectivity index (χ3n) is 5.66. The Morgan fingerprint density at radius 3 is 2.78 bits per heavy atom. The van der Waals surface area contributed by atoms with E-state index < -0.39 is 15.7 Å². The molecule has 0 spiro atoms. The van der Waals surface area contributed by atoms with Crippen LogP contribution in [0.25, 0.3) is 0 Å². The molecule has 2 aliphatic rings. The minimum absolute atomic E-state index is 0.0619. The highest BCUT2D eigenvalue weighted by molar-refractivity contribution is 7.99. The number of anilines is 1. The molecule has 0 aromatic carbocycles. The Bertz CT molecular complexity index is 1170. The van der Waals surface area contributed by atoms with Crippen LogP contribution in [0.5, 0.6) is 0 Å². The lowest BCUT2D eigenvalue weighted by atomic mass is 9.95. The molecule has 9 nitrogen and oxygen atoms in total. The van der Waals surface area contributed by atoms with E-state index in [1.165, 1.54) is 23.1 Å². The maximum Gasteiger partial charge on any atom is 0.251 e. The normalized spacial score (nSPS) is 19.4. The molecule has 1 atom stereocenters. The number of thiophene rings is 1. The number of hydrogen-bond acceptors (Lipinski definition) is 8. The van der Waals surface area contributed by atoms with Gasteiger partial charge in [-0.3, -0.25) is 9.59 Å². The Balaban J connectivity index is 1.46. The van der Waals surface area contributed by atoms with E-state index in [0.717, 1.165) is 36.1 Å². The van der Waals surface area contributed by atoms with Crippen molar-refractivity contribution < 1.29 is 18.0 Å². The summed E-state index contributed by atoms with van der Waals surface area (Å²) in [4.78, 5) is 25.8. The molecular weight excluding hydrogens is 470 g/mol. The van der Waals surface area contributed by atoms with Crippen LogP contribution in [0.4, 0.5) is 5.00 Å². The molecule has 1 fully saturated rings. The average molecular weight is 496 g/mol. The van der Waals surface area contributed by atoms with Gasteiger partial charge in [0.2, 0.25) is 5.91 Å². The van der Waals surface area contributed by atoms with Gasteiger partial charge in [0.15, 0.2) is 15.0 Å². The Morgan fingerprint density at radius 2 is 2.09 bits per heavy atom. The first-order valence-electron chi connectivity index (χ1n) is 10.4. The van der Waals surface area contributed by atoms with Crippen LogP contribution in [0.2, 0.25) is 0 Å². The number of carbonyl (C=O) groups excluding carboxylic acids is 2. The van der Waals surface area contributed by atoms with Gasteiger partial charge in [0.1, 0.15) is 10.8 Å². The second-order valence-corrected chi connectivity index (χ2v) is 12.2. The van der Waals surface area contributed by atoms with Gasteiger partial charge in [-0.1, -0.05) is 17.8 Å². The molecular formula is C20H25N5O4S3. The number of hydrogen-bond donors (Lipinski definition) is 2. The highest BCUT2D eigenvalue weighted by Gasteiger charge is 2.33. The number of nitrogens with two attached hydrogens (primary N) is 1. The molecule has 172 valence electrons. The number of allylic oxidation sites excluding steroid dienone is 1. The summed E-state index contributed by atoms with van der Waals surface area (Å²) in [6, 6.07) is 0. The van der Waals surface area contributed by atoms with Gasteiger partial charge in [0.05, 0.1) is 22.8 Å². The number of nitrogens with zero attached hydrogens (tertiary/aromatic N) is 3. The summed E-state index contributed by atoms with van der Waals surface area (Å²) < 4.78 is 25.5. The number of sulfone groups is 1. The lowest BCUT2D eigenvalue weighted by Crippen LogP contribution is -2.19. The topological polar surface area (TPSA) is 137 Å². The Morgan fingerprint density at radius 1 is 1.31 bits per heavy atom. The van der Waals surface area contributed by atoms with Crippen molar-refractivity contribution in [1.29, 1.82) is 0 Å². The molecule has 1 saturated heterocycles. The first kappa shape index (κ1) is 23.0. The minimum Gasteiger partial charge on any atom is -0.365 e. The van der Waals surface area contributed by atoms with Crippen molar-refractivity contribution in [3.05, 3.63) is 34.5 Å². The molecule has 2 aromatic heterocycles. The average Bonchev–Trinajstić information content (AvgIpc) is 3.41. The van der Waals surface area contributed by atoms with Gasteiger partial charge in [0, 0.05) is 17.3 Å². The number of aromatic nitrogens is 3. The highest BCUT2D eigenvalue weighted by Crippen LogP contribution is 2.38. The predicted molar refractivity (Wildman–Crippen MR) is 125 cm³/mol. The van der Waals surface area contributed by atoms with Crippen molar-refractivity contribution in [3.8, 4) is 0 Å². The third-order valence-corrected chi connectivity index (χ3v) is 9.60. The second kappa shape index (κ2) is 9.36. The van der Waals surface area contributed by atoms with Crippen molar-refractivity contribution in [2.75, 3.05) is 22.6 Å². The summed E-state index contributed by atoms with van der Waals surface area (Å²) in [6.07, 6.45) is 5.99. The van der Waals surface area contributed by atoms with Crippen molar-refractivity contribution in [3.63, 3.8) is 0 Å². The summed E-state index contributed by atoms with van der Waals surface area (Å²) in [5, 5.41) is 12.3. The van der Waals surface area contributed by atoms with Crippen LogP contribution < -0.4 is 11.1 Å². The summed E-state index contributed by atoms with van der Waals surface area (Å²) in [5.41, 5.74) is 7.00. The van der Waals surface area contributed by atoms with E-state index >= 15 is 0 Å². The number of carbonyl (C=O) groups is 2. The van der Waals surface area contributed by atoms with E-state index in [4.69, 9.17) is 5.73 Å². The van der Waals surface area contributed by atoms with Gasteiger partial charge >= 0.3 is 0 Å². The smallest absolute Gasteiger partial charge is 0.251 e. The molecule has 1 aliphatic heterocycles. The van der Waals surface area contributed by atoms with E-state index in [-0.39, 0.29) is 29.1 Å². The van der Waals surface area contributed by atoms with Crippen LogP contribution >= 0.6 is 23.1 Å². The summed E-state index contributed by atoms with van der Waals surface area (Å²) >= 11 is 2.64. The number of nitrogens with one attached hydrogen (secondary N) is 1. The first-order valence-corrected chi connectivity index (χ1v) is 14.0. The van der Waals surface area contributed by atoms with Crippen molar-refractivity contribution in [2.45, 2.75) is 49.7 Å². The standard InChI is InChI=1S/C20H25N5O4S3/c1-2-8-25-18(12-7-9-32(28,29)11-12)23-24-20(25)30-10-15(26)22-19-16(17(21)27)13-5-3-4-6-14(13)31-19/h2,12H,1,3-11H2,(H2,21,27)(H,22,26). The lowest BCUT2D eigenvalue weighted by molar-refractivity contribution is -0.113. The third kappa shape index (κ3) is 4.76. The summed E-state index contributed by atoms with van der Waals surface area (Å²) in [6.45, 7) is 4.18. The van der Waals surface area contributed by atoms with Crippen LogP contribution in [-0.4, -0.2) is 52.3 Å². The molecule has 0 bridgehead atoms. The molecule has 32 heavy (non-hydrogen) atoms. The maximum absolute atomic E-state index is 12.7. The lowest BCUT2D eigenvalue weighted by Gasteiger charge is -2.11. The Kier molecular flexibility index (Phi) is 6.72. The number of aryl methyl sites for hydroxylation is 1. The number of thioether (sulfide) groups is 1. The van der Waals surface area contributed by atoms with E-state index in [0.29, 0.717) is 34.5 Å². The largest absolute Gasteiger partial charge is 0.365 e. The van der Waals surface area contributed by atoms with E-state index in [1.807, 2.05) is 4.57 Å². The predicted octanol–water partition coefficient (Wildman–Crippen LogP) is 2.14. The van der Waals surface area contributed by atoms with Gasteiger partial charge in [0.25, 0.3) is 5.91 Å². The molecule has 3 N–H and O–H groups in total. The van der Waals surface area contributed by atoms with Gasteiger partial charge in [-0.2, -0.15) is 0 Å². The number of fused-ring (bicyclic) bond motifs is 1. The van der Waals surface area contributed by atoms with Gasteiger partial charge in [-0.05, 0) is 37.7 Å². The van der Waals surface area contributed by atoms with Crippen LogP contribution in [-0.2, 0) is 34.0 Å². The SMILES string of the molecule is C=CCn1c(SCC(=O)Nc2sc3c(c2C(N)=O)CCCC3)nnc1C1CCS(=O)(=O)C1. The fraction of sp³-hybridized carbons (Fsp3) is 0.500. The van der Waals surface area contributed by atoms with E-state index in [2.05, 4.69) is 22.1 Å². The van der Waals surface area contributed by atoms with Crippen molar-refractivity contribution in [1.82, 2.24) is 14.8 Å². The van der Waals surface area contributed by atoms with Crippen LogP contribution in [0.1, 0.15) is 51.8 Å². The number of rotatable bonds is 8. The highest BCUT2D eigenvalue weighted by atomic mass is 32.2. The molecule has 3 heterocycles. The summed E-state index contributed by atoms with van der Waals surface area (Å²) in [7, 11) is -3.05. The second-order valence-electron chi connectivity index (χ2n) is 7.96. The zero-order valence-electron chi connectivity index (χ0n) is 17.5. The van der Waals surface area contributed by atoms with Crippen molar-refractivity contribution >= 4 is 49.8 Å². The summed E-state index contributed by atoms with van der Waals surface area (Å²) in [5.74, 6) is -0.104. The Hall–Kier alpha value is -2.18. The zero-order valence-corrected chi connectivity index (χ0v) is 20.0. The van der Waals surface area contributed by atoms with Crippen LogP contribution in [0.3, 0.4) is 0 Å². The van der Waals surface area contributed by atoms with E-state index in [1.54, 1.807) is 6.08 Å². The first-order chi connectivity index (χ1) is 15.3. The zero-order chi connectivity index (χ0) is 22.9. The molecule has 2 aromatic rings. The molecule has 4 rings (SSSR count). The Labute approximate surface area is 194 Å². The molecule has 1 aliphatic carbocycles. The molecule has 1 unspecified atom stereocenters. The number of amides is 2. The molecule has 0 saturated carbocycles. The minimum atomic E-state index is -3.05. The van der Waals surface area contributed by atoms with Gasteiger partial charge in [-0.25, -0.2) is 8.42 Å². The quantitative estimate of drug-likeness (QED) is 0.423. The van der Waals surface area contributed by atoms with Crippen LogP contribution in [0.15, 0.2) is 17.8 Å².